The highest BCUT2D eigenvalue weighted by Crippen LogP contribution is 2.25. The number of rotatable bonds is 6. The molecule has 0 aliphatic heterocycles. The number of para-hydroxylation sites is 1. The lowest BCUT2D eigenvalue weighted by atomic mass is 9.82. The first kappa shape index (κ1) is 17.8. The van der Waals surface area contributed by atoms with Crippen LogP contribution in [0.1, 0.15) is 38.5 Å². The summed E-state index contributed by atoms with van der Waals surface area (Å²) >= 11 is 0. The third-order valence-corrected chi connectivity index (χ3v) is 3.83. The van der Waals surface area contributed by atoms with Gasteiger partial charge in [-0.05, 0) is 25.0 Å². The molecule has 2 rings (SSSR count). The number of benzene rings is 1. The summed E-state index contributed by atoms with van der Waals surface area (Å²) in [7, 11) is 0. The second-order valence-electron chi connectivity index (χ2n) is 5.61. The minimum absolute atomic E-state index is 0. The third kappa shape index (κ3) is 6.36. The van der Waals surface area contributed by atoms with E-state index in [0.717, 1.165) is 18.6 Å². The lowest BCUT2D eigenvalue weighted by Crippen LogP contribution is -2.51. The summed E-state index contributed by atoms with van der Waals surface area (Å²) in [5.41, 5.74) is 6.08. The highest BCUT2D eigenvalue weighted by Gasteiger charge is 2.27. The summed E-state index contributed by atoms with van der Waals surface area (Å²) in [4.78, 5) is 11.8. The number of carbonyl (C=O) groups is 1. The molecule has 1 aromatic rings. The van der Waals surface area contributed by atoms with Gasteiger partial charge >= 0.3 is 0 Å². The van der Waals surface area contributed by atoms with Gasteiger partial charge in [0.15, 0.2) is 0 Å². The number of carbonyl (C=O) groups excluding carboxylic acids is 1. The Morgan fingerprint density at radius 3 is 2.52 bits per heavy atom. The van der Waals surface area contributed by atoms with Crippen LogP contribution in [-0.4, -0.2) is 24.6 Å². The Morgan fingerprint density at radius 1 is 1.19 bits per heavy atom. The minimum Gasteiger partial charge on any atom is -0.493 e. The SMILES string of the molecule is Cl.NC1(CNC(=O)CCOc2ccccc2)CCCCC1. The van der Waals surface area contributed by atoms with Crippen LogP contribution in [0.5, 0.6) is 5.75 Å². The Labute approximate surface area is 132 Å². The molecule has 0 atom stereocenters. The zero-order valence-corrected chi connectivity index (χ0v) is 13.2. The molecule has 1 amide bonds. The van der Waals surface area contributed by atoms with Gasteiger partial charge in [0.25, 0.3) is 0 Å². The smallest absolute Gasteiger partial charge is 0.223 e. The van der Waals surface area contributed by atoms with Crippen molar-refractivity contribution >= 4 is 18.3 Å². The lowest BCUT2D eigenvalue weighted by Gasteiger charge is -2.33. The molecule has 1 aliphatic carbocycles. The van der Waals surface area contributed by atoms with E-state index < -0.39 is 0 Å². The van der Waals surface area contributed by atoms with E-state index in [1.54, 1.807) is 0 Å². The van der Waals surface area contributed by atoms with E-state index in [1.165, 1.54) is 19.3 Å². The molecule has 0 heterocycles. The van der Waals surface area contributed by atoms with Crippen molar-refractivity contribution in [3.05, 3.63) is 30.3 Å². The standard InChI is InChI=1S/C16H24N2O2.ClH/c17-16(10-5-2-6-11-16)13-18-15(19)9-12-20-14-7-3-1-4-8-14;/h1,3-4,7-8H,2,5-6,9-13,17H2,(H,18,19);1H. The Hall–Kier alpha value is -1.26. The van der Waals surface area contributed by atoms with Crippen LogP contribution in [0.25, 0.3) is 0 Å². The van der Waals surface area contributed by atoms with E-state index in [0.29, 0.717) is 19.6 Å². The molecule has 0 unspecified atom stereocenters. The fraction of sp³-hybridized carbons (Fsp3) is 0.562. The highest BCUT2D eigenvalue weighted by molar-refractivity contribution is 5.85. The van der Waals surface area contributed by atoms with Crippen LogP contribution >= 0.6 is 12.4 Å². The van der Waals surface area contributed by atoms with Gasteiger partial charge in [-0.25, -0.2) is 0 Å². The fourth-order valence-electron chi connectivity index (χ4n) is 2.57. The van der Waals surface area contributed by atoms with Crippen LogP contribution in [0.15, 0.2) is 30.3 Å². The zero-order chi connectivity index (χ0) is 14.3. The third-order valence-electron chi connectivity index (χ3n) is 3.83. The molecule has 1 aliphatic rings. The van der Waals surface area contributed by atoms with E-state index in [9.17, 15) is 4.79 Å². The Morgan fingerprint density at radius 2 is 1.86 bits per heavy atom. The van der Waals surface area contributed by atoms with Gasteiger partial charge in [0, 0.05) is 12.1 Å². The van der Waals surface area contributed by atoms with Gasteiger partial charge in [-0.3, -0.25) is 4.79 Å². The van der Waals surface area contributed by atoms with Crippen molar-refractivity contribution in [2.75, 3.05) is 13.2 Å². The van der Waals surface area contributed by atoms with E-state index in [2.05, 4.69) is 5.32 Å². The number of halogens is 1. The Kier molecular flexibility index (Phi) is 7.54. The van der Waals surface area contributed by atoms with E-state index in [4.69, 9.17) is 10.5 Å². The molecular formula is C16H25ClN2O2. The molecule has 0 saturated heterocycles. The van der Waals surface area contributed by atoms with Crippen LogP contribution in [0, 0.1) is 0 Å². The molecule has 1 aromatic carbocycles. The van der Waals surface area contributed by atoms with Crippen molar-refractivity contribution in [2.24, 2.45) is 5.73 Å². The molecule has 5 heteroatoms. The fourth-order valence-corrected chi connectivity index (χ4v) is 2.57. The molecule has 1 fully saturated rings. The van der Waals surface area contributed by atoms with Crippen molar-refractivity contribution in [1.29, 1.82) is 0 Å². The van der Waals surface area contributed by atoms with Crippen molar-refractivity contribution in [2.45, 2.75) is 44.1 Å². The van der Waals surface area contributed by atoms with Crippen LogP contribution in [0.4, 0.5) is 0 Å². The molecule has 4 nitrogen and oxygen atoms in total. The van der Waals surface area contributed by atoms with E-state index >= 15 is 0 Å². The topological polar surface area (TPSA) is 64.3 Å². The summed E-state index contributed by atoms with van der Waals surface area (Å²) < 4.78 is 5.50. The second-order valence-corrected chi connectivity index (χ2v) is 5.61. The Balaban J connectivity index is 0.00000220. The summed E-state index contributed by atoms with van der Waals surface area (Å²) in [5, 5.41) is 2.94. The number of hydrogen-bond donors (Lipinski definition) is 2. The van der Waals surface area contributed by atoms with Crippen molar-refractivity contribution in [3.8, 4) is 5.75 Å². The van der Waals surface area contributed by atoms with Gasteiger partial charge in [0.1, 0.15) is 5.75 Å². The molecule has 1 saturated carbocycles. The number of ether oxygens (including phenoxy) is 1. The minimum atomic E-state index is -0.200. The van der Waals surface area contributed by atoms with Crippen molar-refractivity contribution in [1.82, 2.24) is 5.32 Å². The predicted molar refractivity (Wildman–Crippen MR) is 86.8 cm³/mol. The maximum absolute atomic E-state index is 11.8. The summed E-state index contributed by atoms with van der Waals surface area (Å²) in [6, 6.07) is 9.53. The maximum atomic E-state index is 11.8. The summed E-state index contributed by atoms with van der Waals surface area (Å²) in [6.07, 6.45) is 5.98. The first-order valence-electron chi connectivity index (χ1n) is 7.41. The molecule has 0 aromatic heterocycles. The van der Waals surface area contributed by atoms with Crippen molar-refractivity contribution in [3.63, 3.8) is 0 Å². The van der Waals surface area contributed by atoms with Gasteiger partial charge in [0.2, 0.25) is 5.91 Å². The first-order valence-corrected chi connectivity index (χ1v) is 7.41. The lowest BCUT2D eigenvalue weighted by molar-refractivity contribution is -0.121. The van der Waals surface area contributed by atoms with Crippen LogP contribution in [-0.2, 0) is 4.79 Å². The van der Waals surface area contributed by atoms with Gasteiger partial charge in [-0.2, -0.15) is 0 Å². The van der Waals surface area contributed by atoms with Gasteiger partial charge < -0.3 is 15.8 Å². The number of amides is 1. The maximum Gasteiger partial charge on any atom is 0.223 e. The number of hydrogen-bond acceptors (Lipinski definition) is 3. The highest BCUT2D eigenvalue weighted by atomic mass is 35.5. The van der Waals surface area contributed by atoms with Gasteiger partial charge in [-0.1, -0.05) is 37.5 Å². The van der Waals surface area contributed by atoms with Crippen LogP contribution in [0.3, 0.4) is 0 Å². The summed E-state index contributed by atoms with van der Waals surface area (Å²) in [5.74, 6) is 0.805. The molecule has 0 bridgehead atoms. The summed E-state index contributed by atoms with van der Waals surface area (Å²) in [6.45, 7) is 0.977. The van der Waals surface area contributed by atoms with E-state index in [-0.39, 0.29) is 23.9 Å². The average molecular weight is 313 g/mol. The van der Waals surface area contributed by atoms with Crippen molar-refractivity contribution < 1.29 is 9.53 Å². The van der Waals surface area contributed by atoms with Gasteiger partial charge in [0.05, 0.1) is 13.0 Å². The zero-order valence-electron chi connectivity index (χ0n) is 12.3. The number of nitrogens with two attached hydrogens (primary N) is 1. The van der Waals surface area contributed by atoms with Gasteiger partial charge in [-0.15, -0.1) is 12.4 Å². The molecule has 0 radical (unpaired) electrons. The quantitative estimate of drug-likeness (QED) is 0.848. The monoisotopic (exact) mass is 312 g/mol. The predicted octanol–water partition coefficient (Wildman–Crippen LogP) is 2.66. The van der Waals surface area contributed by atoms with Crippen LogP contribution < -0.4 is 15.8 Å². The average Bonchev–Trinajstić information content (AvgIpc) is 2.47. The van der Waals surface area contributed by atoms with E-state index in [1.807, 2.05) is 30.3 Å². The molecular weight excluding hydrogens is 288 g/mol. The first-order chi connectivity index (χ1) is 9.68. The normalized spacial score (nSPS) is 16.6. The molecule has 3 N–H and O–H groups in total. The molecule has 21 heavy (non-hydrogen) atoms. The molecule has 118 valence electrons. The van der Waals surface area contributed by atoms with Crippen LogP contribution in [0.2, 0.25) is 0 Å². The molecule has 0 spiro atoms. The second kappa shape index (κ2) is 8.90. The number of nitrogens with one attached hydrogen (secondary N) is 1. The Bertz CT molecular complexity index is 420. The largest absolute Gasteiger partial charge is 0.493 e.